The highest BCUT2D eigenvalue weighted by Gasteiger charge is 2.23. The van der Waals surface area contributed by atoms with Crippen LogP contribution in [0.5, 0.6) is 0 Å². The number of hydrogen-bond donors (Lipinski definition) is 5. The molecule has 0 aromatic rings. The molecule has 0 amide bonds. The molecule has 0 radical (unpaired) electrons. The first-order valence-electron chi connectivity index (χ1n) is 39.3. The van der Waals surface area contributed by atoms with Crippen molar-refractivity contribution in [1.82, 2.24) is 26.7 Å². The van der Waals surface area contributed by atoms with Crippen LogP contribution >= 0.6 is 0 Å². The summed E-state index contributed by atoms with van der Waals surface area (Å²) in [6.07, 6.45) is 22.4. The lowest BCUT2D eigenvalue weighted by molar-refractivity contribution is -0.0763. The Balaban J connectivity index is -0.000000110. The zero-order valence-corrected chi connectivity index (χ0v) is 68.2. The molecular weight excluding hydrogens is 1080 g/mol. The number of hydrogen-bond acceptors (Lipinski definition) is 9. The first-order valence-corrected chi connectivity index (χ1v) is 39.3. The molecule has 9 aliphatic rings. The van der Waals surface area contributed by atoms with Crippen LogP contribution < -0.4 is 26.7 Å². The maximum Gasteiger partial charge on any atom is 0.0969 e. The van der Waals surface area contributed by atoms with Crippen molar-refractivity contribution in [1.29, 1.82) is 0 Å². The Bertz CT molecular complexity index is 905. The Kier molecular flexibility index (Phi) is 100. The topological polar surface area (TPSA) is 97.1 Å². The lowest BCUT2D eigenvalue weighted by Crippen LogP contribution is -2.46. The van der Waals surface area contributed by atoms with E-state index in [1.54, 1.807) is 0 Å². The van der Waals surface area contributed by atoms with Crippen molar-refractivity contribution in [3.8, 4) is 0 Å². The Hall–Kier alpha value is -0.360. The minimum Gasteiger partial charge on any atom is -0.378 e. The summed E-state index contributed by atoms with van der Waals surface area (Å²) in [6.45, 7) is 87.2. The van der Waals surface area contributed by atoms with Crippen LogP contribution in [-0.2, 0) is 19.0 Å². The molecule has 7 heterocycles. The van der Waals surface area contributed by atoms with Crippen LogP contribution in [0.1, 0.15) is 346 Å². The second kappa shape index (κ2) is 82.7. The van der Waals surface area contributed by atoms with Gasteiger partial charge in [-0.3, -0.25) is 5.32 Å². The average molecular weight is 1270 g/mol. The molecule has 0 spiro atoms. The smallest absolute Gasteiger partial charge is 0.0969 e. The second-order valence-electron chi connectivity index (χ2n) is 25.6. The zero-order chi connectivity index (χ0) is 70.4. The molecule has 9 rings (SSSR count). The third-order valence-electron chi connectivity index (χ3n) is 16.7. The highest BCUT2D eigenvalue weighted by Crippen LogP contribution is 2.31. The lowest BCUT2D eigenvalue weighted by Gasteiger charge is -2.30. The van der Waals surface area contributed by atoms with Gasteiger partial charge in [-0.15, -0.1) is 0 Å². The average Bonchev–Trinajstić information content (AvgIpc) is 4.56. The fraction of sp³-hybridized carbons (Fsp3) is 1.00. The normalized spacial score (nSPS) is 23.1. The van der Waals surface area contributed by atoms with Gasteiger partial charge in [-0.05, 0) is 142 Å². The molecule has 88 heavy (non-hydrogen) atoms. The Morgan fingerprint density at radius 1 is 0.284 bits per heavy atom. The van der Waals surface area contributed by atoms with Gasteiger partial charge in [-0.2, -0.15) is 0 Å². The van der Waals surface area contributed by atoms with Crippen LogP contribution in [0, 0.1) is 76.9 Å². The van der Waals surface area contributed by atoms with Gasteiger partial charge >= 0.3 is 0 Å². The van der Waals surface area contributed by atoms with Crippen molar-refractivity contribution in [2.24, 2.45) is 76.9 Å². The number of nitrogens with one attached hydrogen (secondary N) is 5. The summed E-state index contributed by atoms with van der Waals surface area (Å²) in [4.78, 5) is 4.97. The molecule has 0 bridgehead atoms. The summed E-state index contributed by atoms with van der Waals surface area (Å²) in [6, 6.07) is 2.24. The molecule has 0 aromatic heterocycles. The molecule has 2 saturated carbocycles. The third-order valence-corrected chi connectivity index (χ3v) is 16.7. The third kappa shape index (κ3) is 65.7. The maximum atomic E-state index is 5.41. The van der Waals surface area contributed by atoms with Crippen molar-refractivity contribution in [2.45, 2.75) is 376 Å². The number of ether oxygens (including phenoxy) is 3. The van der Waals surface area contributed by atoms with Crippen molar-refractivity contribution in [3.05, 3.63) is 0 Å². The van der Waals surface area contributed by atoms with Crippen molar-refractivity contribution in [3.63, 3.8) is 0 Å². The van der Waals surface area contributed by atoms with E-state index in [-0.39, 0.29) is 0 Å². The van der Waals surface area contributed by atoms with E-state index in [0.717, 1.165) is 123 Å². The fourth-order valence-electron chi connectivity index (χ4n) is 10.2. The largest absolute Gasteiger partial charge is 0.378 e. The molecular formula is C79H181N5O4. The van der Waals surface area contributed by atoms with Crippen LogP contribution in [0.2, 0.25) is 0 Å². The summed E-state index contributed by atoms with van der Waals surface area (Å²) in [5.74, 6) is 11.2. The molecule has 7 aliphatic heterocycles. The van der Waals surface area contributed by atoms with Crippen molar-refractivity contribution >= 4 is 0 Å². The van der Waals surface area contributed by atoms with E-state index >= 15 is 0 Å². The summed E-state index contributed by atoms with van der Waals surface area (Å²) >= 11 is 0. The van der Waals surface area contributed by atoms with Crippen LogP contribution in [0.4, 0.5) is 0 Å². The Morgan fingerprint density at radius 3 is 0.795 bits per heavy atom. The number of hydroxylamine groups is 1. The van der Waals surface area contributed by atoms with Gasteiger partial charge in [0.05, 0.1) is 32.2 Å². The van der Waals surface area contributed by atoms with Gasteiger partial charge < -0.3 is 35.0 Å². The van der Waals surface area contributed by atoms with E-state index < -0.39 is 0 Å². The first kappa shape index (κ1) is 106. The van der Waals surface area contributed by atoms with E-state index in [4.69, 9.17) is 19.0 Å². The highest BCUT2D eigenvalue weighted by molar-refractivity contribution is 4.80. The van der Waals surface area contributed by atoms with E-state index in [0.29, 0.717) is 24.2 Å². The molecule has 9 fully saturated rings. The molecule has 2 aliphatic carbocycles. The Labute approximate surface area is 561 Å². The van der Waals surface area contributed by atoms with E-state index in [1.165, 1.54) is 122 Å². The Morgan fingerprint density at radius 2 is 0.659 bits per heavy atom. The van der Waals surface area contributed by atoms with Crippen molar-refractivity contribution in [2.75, 3.05) is 65.9 Å². The number of rotatable bonds is 9. The molecule has 7 unspecified atom stereocenters. The minimum absolute atomic E-state index is 0.565. The molecule has 7 atom stereocenters. The quantitative estimate of drug-likeness (QED) is 0.155. The second-order valence-corrected chi connectivity index (χ2v) is 25.6. The molecule has 0 aromatic carbocycles. The molecule has 546 valence electrons. The van der Waals surface area contributed by atoms with Crippen LogP contribution in [0.15, 0.2) is 0 Å². The predicted molar refractivity (Wildman–Crippen MR) is 407 cm³/mol. The van der Waals surface area contributed by atoms with Crippen LogP contribution in [0.3, 0.4) is 0 Å². The molecule has 7 saturated heterocycles. The minimum atomic E-state index is 0.565. The standard InChI is InChI=1S/2C8H16.2C7H15N.C7H14O.2C6H13NO.C6H13N.C6H12O.9C2H6/c2*1-7(2)8-5-3-4-6-8;1-6(2)7-3-4-8-5-7;2*1-6(2)7-4-3-5-8-7;1-5(2)6-3-8-4-7-6;1-5(2)6-3-7-8-4-6;2*1-5(2)6-3-4-7-6;9*1-2/h2*7-8H,3-6H2,1-2H3;2*6-8H,3-5H2,1-2H3;6-7H,3-5H2,1-2H3;2*5-7H,3-4H2,1-2H3;5-7H,3-4H2,1-2H3;5-6H,3-4H2,1-2H3;9*1-2H3. The monoisotopic (exact) mass is 1260 g/mol. The summed E-state index contributed by atoms with van der Waals surface area (Å²) in [5.41, 5.74) is 2.85. The van der Waals surface area contributed by atoms with Gasteiger partial charge in [0.25, 0.3) is 0 Å². The predicted octanol–water partition coefficient (Wildman–Crippen LogP) is 23.2. The molecule has 9 heteroatoms. The van der Waals surface area contributed by atoms with E-state index in [9.17, 15) is 0 Å². The highest BCUT2D eigenvalue weighted by atomic mass is 16.7. The fourth-order valence-corrected chi connectivity index (χ4v) is 10.2. The maximum absolute atomic E-state index is 5.41. The van der Waals surface area contributed by atoms with E-state index in [2.05, 4.69) is 151 Å². The summed E-state index contributed by atoms with van der Waals surface area (Å²) < 4.78 is 15.7. The van der Waals surface area contributed by atoms with Crippen LogP contribution in [0.25, 0.3) is 0 Å². The summed E-state index contributed by atoms with van der Waals surface area (Å²) in [7, 11) is 0. The lowest BCUT2D eigenvalue weighted by atomic mass is 9.95. The van der Waals surface area contributed by atoms with Gasteiger partial charge in [0.2, 0.25) is 0 Å². The van der Waals surface area contributed by atoms with E-state index in [1.807, 2.05) is 125 Å². The van der Waals surface area contributed by atoms with Gasteiger partial charge in [0.1, 0.15) is 0 Å². The first-order chi connectivity index (χ1) is 42.2. The zero-order valence-electron chi connectivity index (χ0n) is 68.2. The van der Waals surface area contributed by atoms with Gasteiger partial charge in [0, 0.05) is 43.8 Å². The van der Waals surface area contributed by atoms with Gasteiger partial charge in [-0.1, -0.05) is 301 Å². The van der Waals surface area contributed by atoms with Gasteiger partial charge in [0.15, 0.2) is 0 Å². The van der Waals surface area contributed by atoms with Gasteiger partial charge in [-0.25, -0.2) is 5.48 Å². The summed E-state index contributed by atoms with van der Waals surface area (Å²) in [5, 5.41) is 13.4. The molecule has 9 nitrogen and oxygen atoms in total. The van der Waals surface area contributed by atoms with Crippen LogP contribution in [-0.4, -0.2) is 96.2 Å². The molecule has 5 N–H and O–H groups in total. The SMILES string of the molecule is CC.CC.CC.CC.CC.CC.CC.CC.CC.CC(C)C1CCCC1.CC(C)C1CCCC1.CC(C)C1CCCN1.CC(C)C1CCCO1.CC(C)C1CCN1.CC(C)C1CCNC1.CC(C)C1CCO1.CC(C)C1CNOC1.CC(C)C1COCN1. The van der Waals surface area contributed by atoms with Crippen molar-refractivity contribution < 1.29 is 19.0 Å².